The number of imide groups is 1. The lowest BCUT2D eigenvalue weighted by molar-refractivity contribution is -0.136. The van der Waals surface area contributed by atoms with E-state index in [0.29, 0.717) is 11.1 Å². The normalized spacial score (nSPS) is 19.1. The average Bonchev–Trinajstić information content (AvgIpc) is 2.82. The zero-order chi connectivity index (χ0) is 23.1. The molecule has 1 unspecified atom stereocenters. The molecule has 2 fully saturated rings. The first-order valence-electron chi connectivity index (χ1n) is 11.1. The van der Waals surface area contributed by atoms with Crippen LogP contribution in [0.5, 0.6) is 0 Å². The topological polar surface area (TPSA) is 114 Å². The highest BCUT2D eigenvalue weighted by molar-refractivity contribution is 5.99. The summed E-state index contributed by atoms with van der Waals surface area (Å²) >= 11 is 0. The molecule has 0 spiro atoms. The van der Waals surface area contributed by atoms with Gasteiger partial charge >= 0.3 is 0 Å². The van der Waals surface area contributed by atoms with E-state index in [1.807, 2.05) is 49.4 Å². The third-order valence-electron chi connectivity index (χ3n) is 6.50. The lowest BCUT2D eigenvalue weighted by atomic mass is 10.1. The van der Waals surface area contributed by atoms with E-state index in [1.165, 1.54) is 4.68 Å². The van der Waals surface area contributed by atoms with Gasteiger partial charge in [-0.05, 0) is 49.7 Å². The number of nitrogens with zero attached hydrogens (tertiary/aromatic N) is 4. The van der Waals surface area contributed by atoms with E-state index in [9.17, 15) is 14.4 Å². The molecule has 3 N–H and O–H groups in total. The molecule has 2 saturated heterocycles. The zero-order valence-corrected chi connectivity index (χ0v) is 18.5. The van der Waals surface area contributed by atoms with Crippen LogP contribution in [0.25, 0.3) is 10.8 Å². The molecule has 2 aromatic carbocycles. The molecule has 2 amide bonds. The number of nitrogens with two attached hydrogens (primary N) is 1. The minimum atomic E-state index is -0.773. The van der Waals surface area contributed by atoms with Crippen molar-refractivity contribution in [3.05, 3.63) is 58.5 Å². The Labute approximate surface area is 190 Å². The molecule has 1 aromatic heterocycles. The number of benzene rings is 2. The van der Waals surface area contributed by atoms with Gasteiger partial charge in [0.05, 0.1) is 11.1 Å². The Morgan fingerprint density at radius 3 is 2.21 bits per heavy atom. The van der Waals surface area contributed by atoms with Crippen molar-refractivity contribution in [1.29, 1.82) is 0 Å². The lowest BCUT2D eigenvalue weighted by Gasteiger charge is -2.37. The number of anilines is 3. The molecular weight excluding hydrogens is 420 g/mol. The first kappa shape index (κ1) is 21.0. The van der Waals surface area contributed by atoms with Crippen LogP contribution in [0, 0.1) is 6.92 Å². The Balaban J connectivity index is 1.42. The number of carbonyl (C=O) groups excluding carboxylic acids is 2. The van der Waals surface area contributed by atoms with Crippen LogP contribution in [0.1, 0.15) is 24.6 Å². The van der Waals surface area contributed by atoms with Crippen molar-refractivity contribution < 1.29 is 9.59 Å². The second-order valence-corrected chi connectivity index (χ2v) is 8.60. The van der Waals surface area contributed by atoms with Crippen molar-refractivity contribution in [3.63, 3.8) is 0 Å². The van der Waals surface area contributed by atoms with Crippen LogP contribution in [-0.2, 0) is 9.59 Å². The van der Waals surface area contributed by atoms with Crippen LogP contribution in [-0.4, -0.2) is 47.8 Å². The van der Waals surface area contributed by atoms with Crippen molar-refractivity contribution in [3.8, 4) is 0 Å². The molecule has 9 nitrogen and oxygen atoms in total. The number of aromatic nitrogens is 2. The monoisotopic (exact) mass is 446 g/mol. The van der Waals surface area contributed by atoms with Gasteiger partial charge in [-0.3, -0.25) is 19.7 Å². The molecule has 2 aliphatic rings. The fraction of sp³-hybridized carbons (Fsp3) is 0.333. The predicted octanol–water partition coefficient (Wildman–Crippen LogP) is 1.59. The molecule has 0 aliphatic carbocycles. The molecule has 0 radical (unpaired) electrons. The summed E-state index contributed by atoms with van der Waals surface area (Å²) in [6.45, 7) is 5.19. The number of amides is 2. The minimum Gasteiger partial charge on any atom is -0.399 e. The van der Waals surface area contributed by atoms with Gasteiger partial charge in [0.2, 0.25) is 5.91 Å². The van der Waals surface area contributed by atoms with Crippen LogP contribution >= 0.6 is 0 Å². The van der Waals surface area contributed by atoms with Gasteiger partial charge in [-0.2, -0.15) is 5.10 Å². The van der Waals surface area contributed by atoms with Gasteiger partial charge in [0.15, 0.2) is 0 Å². The number of piperidine rings is 1. The predicted molar refractivity (Wildman–Crippen MR) is 127 cm³/mol. The van der Waals surface area contributed by atoms with E-state index < -0.39 is 11.9 Å². The molecule has 2 aliphatic heterocycles. The number of piperazine rings is 1. The standard InChI is InChI=1S/C24H26N6O3/c1-15-19-7-6-18(29-12-10-28(11-13-29)17-4-2-16(25)3-5-17)14-20(19)24(33)30(27-15)21-8-9-22(31)26-23(21)32/h2-7,14,21H,8-13,25H2,1H3,(H,26,31,32). The number of carbonyl (C=O) groups is 2. The van der Waals surface area contributed by atoms with Gasteiger partial charge in [0, 0.05) is 55.0 Å². The summed E-state index contributed by atoms with van der Waals surface area (Å²) in [4.78, 5) is 41.7. The molecule has 3 aromatic rings. The Bertz CT molecular complexity index is 1290. The molecule has 170 valence electrons. The number of hydrogen-bond acceptors (Lipinski definition) is 7. The van der Waals surface area contributed by atoms with E-state index in [-0.39, 0.29) is 24.3 Å². The van der Waals surface area contributed by atoms with Crippen LogP contribution in [0.15, 0.2) is 47.3 Å². The Morgan fingerprint density at radius 2 is 1.55 bits per heavy atom. The third-order valence-corrected chi connectivity index (χ3v) is 6.50. The Morgan fingerprint density at radius 1 is 0.909 bits per heavy atom. The maximum absolute atomic E-state index is 13.3. The SMILES string of the molecule is Cc1nn(C2CCC(=O)NC2=O)c(=O)c2cc(N3CCN(c4ccc(N)cc4)CC3)ccc12. The van der Waals surface area contributed by atoms with E-state index in [0.717, 1.165) is 48.6 Å². The number of aryl methyl sites for hydroxylation is 1. The fourth-order valence-electron chi connectivity index (χ4n) is 4.64. The average molecular weight is 447 g/mol. The van der Waals surface area contributed by atoms with Gasteiger partial charge in [-0.1, -0.05) is 6.07 Å². The molecule has 0 bridgehead atoms. The van der Waals surface area contributed by atoms with Gasteiger partial charge in [-0.25, -0.2) is 4.68 Å². The summed E-state index contributed by atoms with van der Waals surface area (Å²) in [5, 5.41) is 8.01. The number of fused-ring (bicyclic) bond motifs is 1. The molecule has 33 heavy (non-hydrogen) atoms. The van der Waals surface area contributed by atoms with Crippen LogP contribution < -0.4 is 26.4 Å². The molecule has 3 heterocycles. The molecule has 0 saturated carbocycles. The second kappa shape index (κ2) is 8.23. The minimum absolute atomic E-state index is 0.194. The summed E-state index contributed by atoms with van der Waals surface area (Å²) < 4.78 is 1.24. The number of nitrogen functional groups attached to an aromatic ring is 1. The van der Waals surface area contributed by atoms with E-state index in [2.05, 4.69) is 20.2 Å². The van der Waals surface area contributed by atoms with E-state index in [4.69, 9.17) is 5.73 Å². The highest BCUT2D eigenvalue weighted by atomic mass is 16.2. The fourth-order valence-corrected chi connectivity index (χ4v) is 4.64. The van der Waals surface area contributed by atoms with Gasteiger partial charge in [0.25, 0.3) is 11.5 Å². The molecular formula is C24H26N6O3. The van der Waals surface area contributed by atoms with Crippen molar-refractivity contribution in [1.82, 2.24) is 15.1 Å². The van der Waals surface area contributed by atoms with E-state index >= 15 is 0 Å². The van der Waals surface area contributed by atoms with Gasteiger partial charge in [0.1, 0.15) is 6.04 Å². The summed E-state index contributed by atoms with van der Waals surface area (Å²) in [5.41, 5.74) is 9.03. The van der Waals surface area contributed by atoms with Crippen LogP contribution in [0.3, 0.4) is 0 Å². The maximum atomic E-state index is 13.3. The van der Waals surface area contributed by atoms with Crippen molar-refractivity contribution in [2.45, 2.75) is 25.8 Å². The summed E-state index contributed by atoms with van der Waals surface area (Å²) in [7, 11) is 0. The lowest BCUT2D eigenvalue weighted by Crippen LogP contribution is -2.46. The van der Waals surface area contributed by atoms with Gasteiger partial charge in [-0.15, -0.1) is 0 Å². The molecule has 5 rings (SSSR count). The number of hydrogen-bond donors (Lipinski definition) is 2. The third kappa shape index (κ3) is 3.90. The number of nitrogens with one attached hydrogen (secondary N) is 1. The van der Waals surface area contributed by atoms with Crippen molar-refractivity contribution in [2.75, 3.05) is 41.7 Å². The molecule has 9 heteroatoms. The largest absolute Gasteiger partial charge is 0.399 e. The Hall–Kier alpha value is -3.88. The summed E-state index contributed by atoms with van der Waals surface area (Å²) in [6.07, 6.45) is 0.468. The zero-order valence-electron chi connectivity index (χ0n) is 18.5. The van der Waals surface area contributed by atoms with Crippen LogP contribution in [0.2, 0.25) is 0 Å². The summed E-state index contributed by atoms with van der Waals surface area (Å²) in [5.74, 6) is -0.795. The van der Waals surface area contributed by atoms with Crippen molar-refractivity contribution in [2.24, 2.45) is 0 Å². The van der Waals surface area contributed by atoms with Crippen molar-refractivity contribution >= 4 is 39.6 Å². The maximum Gasteiger partial charge on any atom is 0.275 e. The smallest absolute Gasteiger partial charge is 0.275 e. The summed E-state index contributed by atoms with van der Waals surface area (Å²) in [6, 6.07) is 13.0. The quantitative estimate of drug-likeness (QED) is 0.464. The first-order valence-corrected chi connectivity index (χ1v) is 11.1. The first-order chi connectivity index (χ1) is 15.9. The second-order valence-electron chi connectivity index (χ2n) is 8.60. The van der Waals surface area contributed by atoms with E-state index in [1.54, 1.807) is 0 Å². The molecule has 1 atom stereocenters. The van der Waals surface area contributed by atoms with Gasteiger partial charge < -0.3 is 15.5 Å². The highest BCUT2D eigenvalue weighted by Gasteiger charge is 2.30. The number of rotatable bonds is 3. The Kier molecular flexibility index (Phi) is 5.24. The van der Waals surface area contributed by atoms with Crippen LogP contribution in [0.4, 0.5) is 17.1 Å². The highest BCUT2D eigenvalue weighted by Crippen LogP contribution is 2.26.